The van der Waals surface area contributed by atoms with Gasteiger partial charge in [-0.2, -0.15) is 0 Å². The highest BCUT2D eigenvalue weighted by Crippen LogP contribution is 2.02. The van der Waals surface area contributed by atoms with E-state index in [-0.39, 0.29) is 0 Å². The van der Waals surface area contributed by atoms with Gasteiger partial charge in [-0.25, -0.2) is 0 Å². The minimum atomic E-state index is 0.465. The molecule has 0 saturated heterocycles. The molecule has 0 heteroatoms. The third kappa shape index (κ3) is 2.44. The van der Waals surface area contributed by atoms with Crippen LogP contribution in [0.15, 0.2) is 31.0 Å². The first kappa shape index (κ1) is 7.26. The first-order chi connectivity index (χ1) is 3.85. The summed E-state index contributed by atoms with van der Waals surface area (Å²) in [6.07, 6.45) is 4.91. The summed E-state index contributed by atoms with van der Waals surface area (Å²) < 4.78 is 0. The normalized spacial score (nSPS) is 11.6. The van der Waals surface area contributed by atoms with Gasteiger partial charge in [0.1, 0.15) is 0 Å². The predicted octanol–water partition coefficient (Wildman–Crippen LogP) is 2.54. The molecule has 0 spiro atoms. The Kier molecular flexibility index (Phi) is 4.01. The smallest absolute Gasteiger partial charge is 0.00169 e. The molecule has 8 heavy (non-hydrogen) atoms. The Morgan fingerprint density at radius 1 is 1.75 bits per heavy atom. The molecule has 0 nitrogen and oxygen atoms in total. The van der Waals surface area contributed by atoms with Crippen LogP contribution in [0.3, 0.4) is 0 Å². The molecular weight excluding hydrogens is 96.1 g/mol. The van der Waals surface area contributed by atoms with Crippen LogP contribution >= 0.6 is 0 Å². The van der Waals surface area contributed by atoms with Crippen molar-refractivity contribution in [1.29, 1.82) is 0 Å². The van der Waals surface area contributed by atoms with Gasteiger partial charge < -0.3 is 0 Å². The van der Waals surface area contributed by atoms with Gasteiger partial charge in [-0.1, -0.05) is 19.6 Å². The van der Waals surface area contributed by atoms with Gasteiger partial charge >= 0.3 is 0 Å². The second kappa shape index (κ2) is 4.42. The van der Waals surface area contributed by atoms with Crippen LogP contribution in [-0.2, 0) is 0 Å². The van der Waals surface area contributed by atoms with Gasteiger partial charge in [0.25, 0.3) is 0 Å². The lowest BCUT2D eigenvalue weighted by Gasteiger charge is -1.96. The standard InChI is InChI=1S/C8H12/c1-4-7-8(5-2)6-3/h5,7-8H,1-2,6H2,3H3. The number of hydrogen-bond donors (Lipinski definition) is 0. The van der Waals surface area contributed by atoms with Crippen molar-refractivity contribution in [3.8, 4) is 0 Å². The third-order valence-corrected chi connectivity index (χ3v) is 1.11. The third-order valence-electron chi connectivity index (χ3n) is 1.11. The van der Waals surface area contributed by atoms with E-state index in [4.69, 9.17) is 0 Å². The first-order valence-corrected chi connectivity index (χ1v) is 2.83. The van der Waals surface area contributed by atoms with Gasteiger partial charge in [-0.15, -0.1) is 12.3 Å². The molecule has 0 aliphatic rings. The van der Waals surface area contributed by atoms with Gasteiger partial charge in [0.15, 0.2) is 0 Å². The zero-order chi connectivity index (χ0) is 6.41. The van der Waals surface area contributed by atoms with Crippen LogP contribution in [0.25, 0.3) is 0 Å². The fourth-order valence-electron chi connectivity index (χ4n) is 0.504. The maximum Gasteiger partial charge on any atom is 0.00169 e. The summed E-state index contributed by atoms with van der Waals surface area (Å²) in [5.74, 6) is 0.465. The molecule has 0 aromatic rings. The van der Waals surface area contributed by atoms with E-state index < -0.39 is 0 Å². The van der Waals surface area contributed by atoms with Crippen LogP contribution < -0.4 is 0 Å². The van der Waals surface area contributed by atoms with Gasteiger partial charge in [0, 0.05) is 5.92 Å². The van der Waals surface area contributed by atoms with E-state index in [1.54, 1.807) is 0 Å². The largest absolute Gasteiger partial charge is 0.132 e. The molecule has 0 aliphatic carbocycles. The zero-order valence-corrected chi connectivity index (χ0v) is 5.35. The van der Waals surface area contributed by atoms with Crippen molar-refractivity contribution in [1.82, 2.24) is 0 Å². The first-order valence-electron chi connectivity index (χ1n) is 2.83. The highest BCUT2D eigenvalue weighted by Gasteiger charge is 1.89. The summed E-state index contributed by atoms with van der Waals surface area (Å²) >= 11 is 0. The van der Waals surface area contributed by atoms with Crippen LogP contribution in [0.5, 0.6) is 0 Å². The molecule has 0 aliphatic heterocycles. The maximum absolute atomic E-state index is 3.65. The van der Waals surface area contributed by atoms with Crippen molar-refractivity contribution in [2.24, 2.45) is 5.92 Å². The average Bonchev–Trinajstić information content (AvgIpc) is 1.83. The zero-order valence-electron chi connectivity index (χ0n) is 5.35. The summed E-state index contributed by atoms with van der Waals surface area (Å²) in [5.41, 5.74) is 2.72. The summed E-state index contributed by atoms with van der Waals surface area (Å²) in [7, 11) is 0. The van der Waals surface area contributed by atoms with E-state index in [9.17, 15) is 0 Å². The van der Waals surface area contributed by atoms with Crippen LogP contribution in [0.1, 0.15) is 13.3 Å². The van der Waals surface area contributed by atoms with Crippen LogP contribution in [0, 0.1) is 5.92 Å². The van der Waals surface area contributed by atoms with Crippen LogP contribution in [-0.4, -0.2) is 0 Å². The van der Waals surface area contributed by atoms with Gasteiger partial charge in [0.05, 0.1) is 0 Å². The molecule has 0 radical (unpaired) electrons. The Balaban J connectivity index is 3.69. The molecule has 1 atom stereocenters. The molecule has 0 rings (SSSR count). The maximum atomic E-state index is 3.65. The van der Waals surface area contributed by atoms with E-state index in [1.807, 2.05) is 12.2 Å². The molecule has 44 valence electrons. The number of allylic oxidation sites excluding steroid dienone is 2. The minimum absolute atomic E-state index is 0.465. The van der Waals surface area contributed by atoms with Crippen molar-refractivity contribution in [3.05, 3.63) is 31.0 Å². The van der Waals surface area contributed by atoms with Gasteiger partial charge in [-0.05, 0) is 12.5 Å². The van der Waals surface area contributed by atoms with E-state index >= 15 is 0 Å². The van der Waals surface area contributed by atoms with E-state index in [0.717, 1.165) is 6.42 Å². The Morgan fingerprint density at radius 3 is 2.50 bits per heavy atom. The van der Waals surface area contributed by atoms with Crippen molar-refractivity contribution < 1.29 is 0 Å². The molecule has 0 heterocycles. The Hall–Kier alpha value is -0.740. The molecule has 0 amide bonds. The lowest BCUT2D eigenvalue weighted by molar-refractivity contribution is 0.777. The summed E-state index contributed by atoms with van der Waals surface area (Å²) in [6, 6.07) is 0. The molecule has 0 N–H and O–H groups in total. The monoisotopic (exact) mass is 108 g/mol. The van der Waals surface area contributed by atoms with E-state index in [1.165, 1.54) is 0 Å². The van der Waals surface area contributed by atoms with Crippen LogP contribution in [0.4, 0.5) is 0 Å². The Bertz CT molecular complexity index is 105. The van der Waals surface area contributed by atoms with Crippen LogP contribution in [0.2, 0.25) is 0 Å². The highest BCUT2D eigenvalue weighted by atomic mass is 13.9. The minimum Gasteiger partial charge on any atom is -0.132 e. The number of rotatable bonds is 3. The van der Waals surface area contributed by atoms with E-state index in [2.05, 4.69) is 25.8 Å². The van der Waals surface area contributed by atoms with E-state index in [0.29, 0.717) is 5.92 Å². The molecule has 1 unspecified atom stereocenters. The second-order valence-electron chi connectivity index (χ2n) is 1.68. The Labute approximate surface area is 51.2 Å². The lowest BCUT2D eigenvalue weighted by Crippen LogP contribution is -1.84. The molecule has 0 fully saturated rings. The molecule has 0 aromatic heterocycles. The summed E-state index contributed by atoms with van der Waals surface area (Å²) in [6.45, 7) is 9.23. The molecule has 0 aromatic carbocycles. The second-order valence-corrected chi connectivity index (χ2v) is 1.68. The summed E-state index contributed by atoms with van der Waals surface area (Å²) in [4.78, 5) is 0. The molecule has 0 saturated carbocycles. The SMILES string of the molecule is C=C=CC(C=C)CC. The van der Waals surface area contributed by atoms with Crippen molar-refractivity contribution in [2.45, 2.75) is 13.3 Å². The van der Waals surface area contributed by atoms with Crippen molar-refractivity contribution in [2.75, 3.05) is 0 Å². The average molecular weight is 108 g/mol. The summed E-state index contributed by atoms with van der Waals surface area (Å²) in [5, 5.41) is 0. The van der Waals surface area contributed by atoms with Crippen molar-refractivity contribution in [3.63, 3.8) is 0 Å². The predicted molar refractivity (Wildman–Crippen MR) is 37.7 cm³/mol. The quantitative estimate of drug-likeness (QED) is 0.385. The topological polar surface area (TPSA) is 0 Å². The lowest BCUT2D eigenvalue weighted by atomic mass is 10.1. The van der Waals surface area contributed by atoms with Gasteiger partial charge in [-0.3, -0.25) is 0 Å². The Morgan fingerprint density at radius 2 is 2.38 bits per heavy atom. The van der Waals surface area contributed by atoms with Crippen molar-refractivity contribution >= 4 is 0 Å². The number of hydrogen-bond acceptors (Lipinski definition) is 0. The highest BCUT2D eigenvalue weighted by molar-refractivity contribution is 4.93. The van der Waals surface area contributed by atoms with Gasteiger partial charge in [0.2, 0.25) is 0 Å². The molecule has 0 bridgehead atoms. The fourth-order valence-corrected chi connectivity index (χ4v) is 0.504. The fraction of sp³-hybridized carbons (Fsp3) is 0.375. The molecular formula is C8H12.